The number of amides is 1. The summed E-state index contributed by atoms with van der Waals surface area (Å²) in [6, 6.07) is 9.64. The zero-order valence-corrected chi connectivity index (χ0v) is 16.2. The molecule has 0 fully saturated rings. The largest absolute Gasteiger partial charge is 0.456 e. The van der Waals surface area contributed by atoms with Gasteiger partial charge in [-0.25, -0.2) is 0 Å². The molecule has 2 aromatic rings. The van der Waals surface area contributed by atoms with Gasteiger partial charge in [-0.15, -0.1) is 0 Å². The van der Waals surface area contributed by atoms with Crippen molar-refractivity contribution < 1.29 is 14.3 Å². The molecule has 0 saturated carbocycles. The maximum absolute atomic E-state index is 12.1. The molecule has 0 unspecified atom stereocenters. The molecule has 134 valence electrons. The molecule has 0 saturated heterocycles. The quantitative estimate of drug-likeness (QED) is 0.661. The van der Waals surface area contributed by atoms with Gasteiger partial charge in [0.25, 0.3) is 5.91 Å². The molecule has 1 aromatic carbocycles. The number of carbonyl (C=O) groups excluding carboxylic acids is 2. The second-order valence-electron chi connectivity index (χ2n) is 5.90. The number of aryl methyl sites for hydroxylation is 3. The highest BCUT2D eigenvalue weighted by Gasteiger charge is 2.14. The maximum atomic E-state index is 12.1. The van der Waals surface area contributed by atoms with Crippen molar-refractivity contribution in [3.8, 4) is 0 Å². The summed E-state index contributed by atoms with van der Waals surface area (Å²) in [5.74, 6) is -0.648. The number of aromatic nitrogens is 2. The van der Waals surface area contributed by atoms with Gasteiger partial charge in [-0.2, -0.15) is 5.10 Å². The molecule has 0 atom stereocenters. The zero-order chi connectivity index (χ0) is 18.4. The predicted octanol–water partition coefficient (Wildman–Crippen LogP) is 2.85. The zero-order valence-electron chi connectivity index (χ0n) is 14.7. The molecule has 0 spiro atoms. The Bertz CT molecular complexity index is 758. The van der Waals surface area contributed by atoms with Gasteiger partial charge in [-0.1, -0.05) is 34.1 Å². The van der Waals surface area contributed by atoms with Crippen molar-refractivity contribution in [1.29, 1.82) is 0 Å². The summed E-state index contributed by atoms with van der Waals surface area (Å²) >= 11 is 3.45. The van der Waals surface area contributed by atoms with E-state index in [1.54, 1.807) is 11.7 Å². The summed E-state index contributed by atoms with van der Waals surface area (Å²) in [4.78, 5) is 25.5. The number of hydrogen-bond acceptors (Lipinski definition) is 4. The highest BCUT2D eigenvalue weighted by atomic mass is 79.9. The van der Waals surface area contributed by atoms with Crippen LogP contribution >= 0.6 is 15.9 Å². The van der Waals surface area contributed by atoms with E-state index in [0.29, 0.717) is 13.1 Å². The van der Waals surface area contributed by atoms with Crippen LogP contribution in [0.25, 0.3) is 0 Å². The third-order valence-corrected chi connectivity index (χ3v) is 4.55. The van der Waals surface area contributed by atoms with Crippen molar-refractivity contribution in [1.82, 2.24) is 14.7 Å². The summed E-state index contributed by atoms with van der Waals surface area (Å²) in [5.41, 5.74) is 2.90. The summed E-state index contributed by atoms with van der Waals surface area (Å²) in [6.45, 7) is 4.48. The van der Waals surface area contributed by atoms with Crippen molar-refractivity contribution in [2.75, 3.05) is 13.7 Å². The summed E-state index contributed by atoms with van der Waals surface area (Å²) in [7, 11) is 1.69. The predicted molar refractivity (Wildman–Crippen MR) is 97.9 cm³/mol. The van der Waals surface area contributed by atoms with Gasteiger partial charge < -0.3 is 9.64 Å². The Morgan fingerprint density at radius 1 is 1.28 bits per heavy atom. The highest BCUT2D eigenvalue weighted by Crippen LogP contribution is 2.17. The minimum absolute atomic E-state index is 0.184. The molecule has 0 radical (unpaired) electrons. The van der Waals surface area contributed by atoms with E-state index in [9.17, 15) is 9.59 Å². The van der Waals surface area contributed by atoms with Crippen LogP contribution in [0.4, 0.5) is 0 Å². The average molecular weight is 408 g/mol. The smallest absolute Gasteiger partial charge is 0.308 e. The lowest BCUT2D eigenvalue weighted by Crippen LogP contribution is -2.31. The van der Waals surface area contributed by atoms with E-state index in [0.717, 1.165) is 21.4 Å². The van der Waals surface area contributed by atoms with Crippen molar-refractivity contribution in [3.63, 3.8) is 0 Å². The molecule has 0 aliphatic rings. The van der Waals surface area contributed by atoms with Crippen LogP contribution in [0.5, 0.6) is 0 Å². The minimum atomic E-state index is -0.407. The molecule has 25 heavy (non-hydrogen) atoms. The third kappa shape index (κ3) is 5.70. The lowest BCUT2D eigenvalue weighted by atomic mass is 10.2. The van der Waals surface area contributed by atoms with Gasteiger partial charge in [-0.05, 0) is 31.5 Å². The Labute approximate surface area is 155 Å². The van der Waals surface area contributed by atoms with Crippen molar-refractivity contribution in [2.45, 2.75) is 33.4 Å². The molecular weight excluding hydrogens is 386 g/mol. The van der Waals surface area contributed by atoms with E-state index in [2.05, 4.69) is 21.0 Å². The van der Waals surface area contributed by atoms with Crippen LogP contribution in [0.3, 0.4) is 0 Å². The Kier molecular flexibility index (Phi) is 6.75. The van der Waals surface area contributed by atoms with Gasteiger partial charge in [0.1, 0.15) is 0 Å². The van der Waals surface area contributed by atoms with E-state index in [-0.39, 0.29) is 18.9 Å². The van der Waals surface area contributed by atoms with E-state index < -0.39 is 5.97 Å². The number of benzene rings is 1. The fraction of sp³-hybridized carbons (Fsp3) is 0.389. The second kappa shape index (κ2) is 8.80. The van der Waals surface area contributed by atoms with Gasteiger partial charge >= 0.3 is 5.97 Å². The number of hydrogen-bond donors (Lipinski definition) is 0. The van der Waals surface area contributed by atoms with Crippen LogP contribution < -0.4 is 0 Å². The molecule has 1 amide bonds. The number of likely N-dealkylation sites (N-methyl/N-ethyl adjacent to an activating group) is 1. The summed E-state index contributed by atoms with van der Waals surface area (Å²) < 4.78 is 7.78. The second-order valence-corrected chi connectivity index (χ2v) is 6.76. The van der Waals surface area contributed by atoms with Crippen LogP contribution in [-0.4, -0.2) is 40.2 Å². The van der Waals surface area contributed by atoms with Crippen LogP contribution in [0.15, 0.2) is 34.8 Å². The highest BCUT2D eigenvalue weighted by molar-refractivity contribution is 9.10. The van der Waals surface area contributed by atoms with Crippen LogP contribution in [0.1, 0.15) is 23.4 Å². The van der Waals surface area contributed by atoms with E-state index in [1.807, 2.05) is 44.2 Å². The first-order chi connectivity index (χ1) is 11.9. The summed E-state index contributed by atoms with van der Waals surface area (Å²) in [5, 5.41) is 4.29. The minimum Gasteiger partial charge on any atom is -0.456 e. The van der Waals surface area contributed by atoms with Crippen molar-refractivity contribution >= 4 is 27.8 Å². The maximum Gasteiger partial charge on any atom is 0.308 e. The monoisotopic (exact) mass is 407 g/mol. The molecule has 6 nitrogen and oxygen atoms in total. The average Bonchev–Trinajstić information content (AvgIpc) is 2.90. The van der Waals surface area contributed by atoms with Crippen LogP contribution in [0, 0.1) is 13.8 Å². The first kappa shape index (κ1) is 19.2. The Morgan fingerprint density at radius 2 is 2.00 bits per heavy atom. The Hall–Kier alpha value is -2.15. The van der Waals surface area contributed by atoms with Crippen LogP contribution in [0.2, 0.25) is 0 Å². The summed E-state index contributed by atoms with van der Waals surface area (Å²) in [6.07, 6.45) is 0.184. The Morgan fingerprint density at radius 3 is 2.64 bits per heavy atom. The molecule has 1 aromatic heterocycles. The molecule has 0 bridgehead atoms. The van der Waals surface area contributed by atoms with Gasteiger partial charge in [0.15, 0.2) is 6.61 Å². The number of ether oxygens (including phenoxy) is 1. The molecule has 0 aliphatic heterocycles. The fourth-order valence-corrected chi connectivity index (χ4v) is 2.80. The van der Waals surface area contributed by atoms with Gasteiger partial charge in [0.2, 0.25) is 0 Å². The number of halogens is 1. The van der Waals surface area contributed by atoms with E-state index in [4.69, 9.17) is 4.74 Å². The van der Waals surface area contributed by atoms with Gasteiger partial charge in [-0.3, -0.25) is 14.3 Å². The van der Waals surface area contributed by atoms with E-state index in [1.165, 1.54) is 4.90 Å². The number of esters is 1. The molecule has 2 rings (SSSR count). The molecule has 1 heterocycles. The van der Waals surface area contributed by atoms with E-state index >= 15 is 0 Å². The van der Waals surface area contributed by atoms with Crippen LogP contribution in [-0.2, 0) is 27.4 Å². The molecule has 0 aliphatic carbocycles. The first-order valence-corrected chi connectivity index (χ1v) is 8.80. The number of rotatable bonds is 7. The SMILES string of the molecule is Cc1cc(C)n(CCC(=O)OCC(=O)N(C)Cc2ccccc2Br)n1. The molecule has 7 heteroatoms. The topological polar surface area (TPSA) is 64.4 Å². The molecule has 0 N–H and O–H groups in total. The lowest BCUT2D eigenvalue weighted by Gasteiger charge is -2.18. The normalized spacial score (nSPS) is 10.6. The van der Waals surface area contributed by atoms with Crippen molar-refractivity contribution in [3.05, 3.63) is 51.8 Å². The standard InChI is InChI=1S/C18H22BrN3O3/c1-13-10-14(2)22(20-13)9-8-18(24)25-12-17(23)21(3)11-15-6-4-5-7-16(15)19/h4-7,10H,8-9,11-12H2,1-3H3. The van der Waals surface area contributed by atoms with Gasteiger partial charge in [0.05, 0.1) is 18.7 Å². The third-order valence-electron chi connectivity index (χ3n) is 3.78. The lowest BCUT2D eigenvalue weighted by molar-refractivity contribution is -0.151. The fourth-order valence-electron chi connectivity index (χ4n) is 2.39. The number of carbonyl (C=O) groups is 2. The number of nitrogens with zero attached hydrogens (tertiary/aromatic N) is 3. The first-order valence-electron chi connectivity index (χ1n) is 8.01. The Balaban J connectivity index is 1.76. The van der Waals surface area contributed by atoms with Gasteiger partial charge in [0, 0.05) is 23.8 Å². The van der Waals surface area contributed by atoms with Crippen molar-refractivity contribution in [2.24, 2.45) is 0 Å². The molecular formula is C18H22BrN3O3.